The van der Waals surface area contributed by atoms with Crippen molar-refractivity contribution in [3.63, 3.8) is 0 Å². The molecule has 0 radical (unpaired) electrons. The fourth-order valence-electron chi connectivity index (χ4n) is 3.66. The van der Waals surface area contributed by atoms with E-state index in [1.54, 1.807) is 23.1 Å². The minimum atomic E-state index is -0.256. The molecule has 0 spiro atoms. The van der Waals surface area contributed by atoms with Gasteiger partial charge in [-0.25, -0.2) is 0 Å². The molecule has 152 valence electrons. The molecule has 10 heteroatoms. The fraction of sp³-hybridized carbons (Fsp3) is 0.300. The van der Waals surface area contributed by atoms with Gasteiger partial charge in [0, 0.05) is 24.2 Å². The highest BCUT2D eigenvalue weighted by atomic mass is 16.1. The van der Waals surface area contributed by atoms with E-state index < -0.39 is 0 Å². The maximum atomic E-state index is 12.7. The topological polar surface area (TPSA) is 115 Å². The highest BCUT2D eigenvalue weighted by Crippen LogP contribution is 2.23. The molecule has 1 saturated heterocycles. The number of piperidine rings is 1. The molecule has 0 aliphatic carbocycles. The predicted molar refractivity (Wildman–Crippen MR) is 111 cm³/mol. The number of nitrogens with one attached hydrogen (secondary N) is 2. The average molecular weight is 403 g/mol. The monoisotopic (exact) mass is 403 g/mol. The first-order chi connectivity index (χ1) is 14.7. The van der Waals surface area contributed by atoms with Crippen LogP contribution in [-0.4, -0.2) is 54.0 Å². The number of anilines is 1. The minimum absolute atomic E-state index is 0.256. The quantitative estimate of drug-likeness (QED) is 0.534. The Morgan fingerprint density at radius 3 is 2.80 bits per heavy atom. The molecule has 1 aliphatic rings. The van der Waals surface area contributed by atoms with Gasteiger partial charge in [0.1, 0.15) is 5.69 Å². The van der Waals surface area contributed by atoms with Gasteiger partial charge < -0.3 is 10.6 Å². The SMILES string of the molecule is Cn1cc(-c2ccc3nnc(NC(=O)c4cnn(C5CCNCC5)c4)cc3c2)nn1. The number of rotatable bonds is 4. The summed E-state index contributed by atoms with van der Waals surface area (Å²) in [5.41, 5.74) is 2.93. The van der Waals surface area contributed by atoms with Crippen LogP contribution >= 0.6 is 0 Å². The van der Waals surface area contributed by atoms with E-state index in [0.717, 1.165) is 48.1 Å². The lowest BCUT2D eigenvalue weighted by atomic mass is 10.1. The Balaban J connectivity index is 1.35. The van der Waals surface area contributed by atoms with Crippen LogP contribution in [0.15, 0.2) is 42.9 Å². The molecular formula is C20H21N9O. The van der Waals surface area contributed by atoms with Gasteiger partial charge in [0.25, 0.3) is 5.91 Å². The zero-order chi connectivity index (χ0) is 20.5. The summed E-state index contributed by atoms with van der Waals surface area (Å²) in [5.74, 6) is 0.132. The van der Waals surface area contributed by atoms with Crippen LogP contribution in [-0.2, 0) is 7.05 Å². The summed E-state index contributed by atoms with van der Waals surface area (Å²) < 4.78 is 3.54. The number of amides is 1. The van der Waals surface area contributed by atoms with Crippen molar-refractivity contribution < 1.29 is 4.79 Å². The molecular weight excluding hydrogens is 382 g/mol. The maximum Gasteiger partial charge on any atom is 0.260 e. The number of aryl methyl sites for hydroxylation is 1. The number of hydrogen-bond donors (Lipinski definition) is 2. The first kappa shape index (κ1) is 18.4. The second kappa shape index (κ2) is 7.64. The van der Waals surface area contributed by atoms with E-state index in [1.807, 2.05) is 36.1 Å². The van der Waals surface area contributed by atoms with E-state index >= 15 is 0 Å². The van der Waals surface area contributed by atoms with Gasteiger partial charge in [-0.1, -0.05) is 11.3 Å². The Kier molecular flexibility index (Phi) is 4.68. The number of nitrogens with zero attached hydrogens (tertiary/aromatic N) is 7. The summed E-state index contributed by atoms with van der Waals surface area (Å²) in [7, 11) is 1.82. The molecule has 3 aromatic heterocycles. The van der Waals surface area contributed by atoms with Crippen LogP contribution in [0.1, 0.15) is 29.2 Å². The summed E-state index contributed by atoms with van der Waals surface area (Å²) >= 11 is 0. The summed E-state index contributed by atoms with van der Waals surface area (Å²) in [4.78, 5) is 12.7. The predicted octanol–water partition coefficient (Wildman–Crippen LogP) is 1.80. The number of benzene rings is 1. The molecule has 30 heavy (non-hydrogen) atoms. The molecule has 0 unspecified atom stereocenters. The summed E-state index contributed by atoms with van der Waals surface area (Å²) in [6.45, 7) is 1.94. The number of carbonyl (C=O) groups excluding carboxylic acids is 1. The summed E-state index contributed by atoms with van der Waals surface area (Å²) in [5, 5.41) is 27.8. The maximum absolute atomic E-state index is 12.7. The van der Waals surface area contributed by atoms with Crippen molar-refractivity contribution in [3.8, 4) is 11.3 Å². The Labute approximate surface area is 172 Å². The smallest absolute Gasteiger partial charge is 0.260 e. The highest BCUT2D eigenvalue weighted by Gasteiger charge is 2.18. The van der Waals surface area contributed by atoms with Crippen molar-refractivity contribution in [1.29, 1.82) is 0 Å². The number of hydrogen-bond acceptors (Lipinski definition) is 7. The lowest BCUT2D eigenvalue weighted by molar-refractivity contribution is 0.102. The molecule has 1 aromatic carbocycles. The van der Waals surface area contributed by atoms with E-state index in [1.165, 1.54) is 0 Å². The summed E-state index contributed by atoms with van der Waals surface area (Å²) in [6.07, 6.45) is 7.25. The number of carbonyl (C=O) groups is 1. The van der Waals surface area contributed by atoms with Gasteiger partial charge in [-0.05, 0) is 44.1 Å². The lowest BCUT2D eigenvalue weighted by Crippen LogP contribution is -2.29. The molecule has 1 fully saturated rings. The van der Waals surface area contributed by atoms with Crippen LogP contribution in [0.25, 0.3) is 22.2 Å². The zero-order valence-electron chi connectivity index (χ0n) is 16.5. The van der Waals surface area contributed by atoms with Gasteiger partial charge in [-0.3, -0.25) is 14.2 Å². The Morgan fingerprint density at radius 2 is 2.00 bits per heavy atom. The van der Waals surface area contributed by atoms with Crippen molar-refractivity contribution in [1.82, 2.24) is 40.3 Å². The van der Waals surface area contributed by atoms with E-state index in [0.29, 0.717) is 17.4 Å². The second-order valence-corrected chi connectivity index (χ2v) is 7.42. The molecule has 0 atom stereocenters. The Hall–Kier alpha value is -3.66. The fourth-order valence-corrected chi connectivity index (χ4v) is 3.66. The van der Waals surface area contributed by atoms with Crippen LogP contribution in [0.5, 0.6) is 0 Å². The highest BCUT2D eigenvalue weighted by molar-refractivity contribution is 6.04. The molecule has 0 saturated carbocycles. The van der Waals surface area contributed by atoms with Gasteiger partial charge in [-0.15, -0.1) is 15.3 Å². The normalized spacial score (nSPS) is 14.8. The number of fused-ring (bicyclic) bond motifs is 1. The lowest BCUT2D eigenvalue weighted by Gasteiger charge is -2.22. The molecule has 10 nitrogen and oxygen atoms in total. The molecule has 2 N–H and O–H groups in total. The average Bonchev–Trinajstić information content (AvgIpc) is 3.43. The van der Waals surface area contributed by atoms with Gasteiger partial charge in [0.2, 0.25) is 0 Å². The van der Waals surface area contributed by atoms with Crippen molar-refractivity contribution in [2.75, 3.05) is 18.4 Å². The van der Waals surface area contributed by atoms with Crippen LogP contribution in [0.2, 0.25) is 0 Å². The molecule has 5 rings (SSSR count). The van der Waals surface area contributed by atoms with Crippen LogP contribution < -0.4 is 10.6 Å². The van der Waals surface area contributed by atoms with Gasteiger partial charge >= 0.3 is 0 Å². The van der Waals surface area contributed by atoms with Crippen molar-refractivity contribution in [2.24, 2.45) is 7.05 Å². The Morgan fingerprint density at radius 1 is 1.13 bits per heavy atom. The molecule has 4 heterocycles. The molecule has 0 bridgehead atoms. The second-order valence-electron chi connectivity index (χ2n) is 7.42. The van der Waals surface area contributed by atoms with Crippen LogP contribution in [0, 0.1) is 0 Å². The minimum Gasteiger partial charge on any atom is -0.317 e. The standard InChI is InChI=1S/C20H21N9O/c1-28-12-18(25-27-28)13-2-3-17-14(8-13)9-19(26-24-17)23-20(30)15-10-22-29(11-15)16-4-6-21-7-5-16/h2-3,8-12,16,21H,4-7H2,1H3,(H,23,26,30). The van der Waals surface area contributed by atoms with Gasteiger partial charge in [0.15, 0.2) is 5.82 Å². The van der Waals surface area contributed by atoms with E-state index in [9.17, 15) is 4.79 Å². The van der Waals surface area contributed by atoms with Crippen molar-refractivity contribution in [2.45, 2.75) is 18.9 Å². The third kappa shape index (κ3) is 3.64. The van der Waals surface area contributed by atoms with E-state index in [-0.39, 0.29) is 5.91 Å². The van der Waals surface area contributed by atoms with Crippen LogP contribution in [0.3, 0.4) is 0 Å². The largest absolute Gasteiger partial charge is 0.317 e. The third-order valence-corrected chi connectivity index (χ3v) is 5.27. The van der Waals surface area contributed by atoms with E-state index in [4.69, 9.17) is 0 Å². The molecule has 1 amide bonds. The third-order valence-electron chi connectivity index (χ3n) is 5.27. The number of aromatic nitrogens is 7. The Bertz CT molecular complexity index is 1210. The van der Waals surface area contributed by atoms with Crippen LogP contribution in [0.4, 0.5) is 5.82 Å². The summed E-state index contributed by atoms with van der Waals surface area (Å²) in [6, 6.07) is 7.89. The van der Waals surface area contributed by atoms with Crippen molar-refractivity contribution in [3.05, 3.63) is 48.4 Å². The van der Waals surface area contributed by atoms with E-state index in [2.05, 4.69) is 36.2 Å². The molecule has 1 aliphatic heterocycles. The first-order valence-corrected chi connectivity index (χ1v) is 9.86. The molecule has 4 aromatic rings. The van der Waals surface area contributed by atoms with Gasteiger partial charge in [-0.2, -0.15) is 5.10 Å². The zero-order valence-corrected chi connectivity index (χ0v) is 16.5. The van der Waals surface area contributed by atoms with Gasteiger partial charge in [0.05, 0.1) is 29.5 Å². The van der Waals surface area contributed by atoms with Crippen molar-refractivity contribution >= 4 is 22.6 Å². The first-order valence-electron chi connectivity index (χ1n) is 9.86.